The van der Waals surface area contributed by atoms with Gasteiger partial charge >= 0.3 is 27.3 Å². The second-order valence-corrected chi connectivity index (χ2v) is 10.9. The lowest BCUT2D eigenvalue weighted by atomic mass is 9.94. The summed E-state index contributed by atoms with van der Waals surface area (Å²) in [4.78, 5) is 23.8. The van der Waals surface area contributed by atoms with Crippen LogP contribution in [0.3, 0.4) is 0 Å². The zero-order valence-electron chi connectivity index (χ0n) is 19.1. The first kappa shape index (κ1) is 26.6. The van der Waals surface area contributed by atoms with Gasteiger partial charge in [-0.05, 0) is 25.7 Å². The molecule has 0 aromatic heterocycles. The standard InChI is InChI=1S/C21H30F2O11S/c22-21(23,35(26,27)28)18(25)29-13-16(24)32-17(14-11-30-19(33-14)7-3-1-4-8-19)15-12-31-20(34-15)9-5-2-6-10-20/h14-15,17H,1-13H2,(H,26,27,28). The van der Waals surface area contributed by atoms with E-state index in [1.54, 1.807) is 0 Å². The lowest BCUT2D eigenvalue weighted by Gasteiger charge is -2.35. The summed E-state index contributed by atoms with van der Waals surface area (Å²) in [5.74, 6) is -5.41. The molecule has 2 saturated carbocycles. The molecule has 2 aliphatic carbocycles. The van der Waals surface area contributed by atoms with Crippen LogP contribution in [0.25, 0.3) is 0 Å². The molecule has 0 aromatic carbocycles. The van der Waals surface area contributed by atoms with Gasteiger partial charge in [-0.25, -0.2) is 9.59 Å². The summed E-state index contributed by atoms with van der Waals surface area (Å²) >= 11 is 0. The molecular formula is C21H30F2O11S. The molecule has 4 fully saturated rings. The van der Waals surface area contributed by atoms with Crippen molar-refractivity contribution in [1.29, 1.82) is 0 Å². The van der Waals surface area contributed by atoms with Gasteiger partial charge in [-0.15, -0.1) is 0 Å². The van der Waals surface area contributed by atoms with E-state index >= 15 is 0 Å². The molecule has 2 heterocycles. The number of carbonyl (C=O) groups excluding carboxylic acids is 2. The van der Waals surface area contributed by atoms with Crippen molar-refractivity contribution in [3.8, 4) is 0 Å². The van der Waals surface area contributed by atoms with E-state index in [1.807, 2.05) is 0 Å². The monoisotopic (exact) mass is 528 g/mol. The van der Waals surface area contributed by atoms with E-state index in [4.69, 9.17) is 28.2 Å². The van der Waals surface area contributed by atoms with Crippen LogP contribution in [-0.4, -0.2) is 79.9 Å². The molecule has 4 rings (SSSR count). The van der Waals surface area contributed by atoms with Crippen LogP contribution in [0.15, 0.2) is 0 Å². The van der Waals surface area contributed by atoms with Crippen LogP contribution < -0.4 is 0 Å². The largest absolute Gasteiger partial charge is 0.465 e. The number of rotatable bonds is 7. The second kappa shape index (κ2) is 10.1. The van der Waals surface area contributed by atoms with E-state index in [0.717, 1.165) is 38.5 Å². The highest BCUT2D eigenvalue weighted by Gasteiger charge is 2.55. The van der Waals surface area contributed by atoms with Crippen molar-refractivity contribution in [2.75, 3.05) is 19.8 Å². The Hall–Kier alpha value is -1.45. The molecule has 2 aliphatic heterocycles. The van der Waals surface area contributed by atoms with E-state index in [9.17, 15) is 26.8 Å². The van der Waals surface area contributed by atoms with Gasteiger partial charge in [0.05, 0.1) is 13.2 Å². The number of halogens is 2. The molecule has 0 aromatic rings. The Morgan fingerprint density at radius 1 is 0.914 bits per heavy atom. The maximum atomic E-state index is 13.4. The molecule has 2 unspecified atom stereocenters. The van der Waals surface area contributed by atoms with E-state index in [2.05, 4.69) is 4.74 Å². The molecule has 2 spiro atoms. The Bertz CT molecular complexity index is 861. The Morgan fingerprint density at radius 2 is 1.37 bits per heavy atom. The minimum Gasteiger partial charge on any atom is -0.454 e. The van der Waals surface area contributed by atoms with Crippen LogP contribution >= 0.6 is 0 Å². The lowest BCUT2D eigenvalue weighted by molar-refractivity contribution is -0.223. The summed E-state index contributed by atoms with van der Waals surface area (Å²) in [6.45, 7) is -1.10. The van der Waals surface area contributed by atoms with Crippen molar-refractivity contribution in [2.45, 2.75) is 99.3 Å². The number of hydrogen-bond donors (Lipinski definition) is 1. The molecule has 11 nitrogen and oxygen atoms in total. The van der Waals surface area contributed by atoms with Crippen molar-refractivity contribution in [3.05, 3.63) is 0 Å². The summed E-state index contributed by atoms with van der Waals surface area (Å²) in [5.41, 5.74) is 0. The minimum absolute atomic E-state index is 0.103. The quantitative estimate of drug-likeness (QED) is 0.383. The molecular weight excluding hydrogens is 498 g/mol. The molecule has 2 saturated heterocycles. The number of carbonyl (C=O) groups is 2. The third-order valence-electron chi connectivity index (χ3n) is 6.87. The van der Waals surface area contributed by atoms with Crippen LogP contribution in [0.1, 0.15) is 64.2 Å². The first-order valence-electron chi connectivity index (χ1n) is 11.8. The fourth-order valence-corrected chi connectivity index (χ4v) is 5.35. The fourth-order valence-electron chi connectivity index (χ4n) is 5.08. The van der Waals surface area contributed by atoms with E-state index < -0.39 is 63.8 Å². The maximum absolute atomic E-state index is 13.4. The van der Waals surface area contributed by atoms with Gasteiger partial charge in [0.2, 0.25) is 0 Å². The number of hydrogen-bond acceptors (Lipinski definition) is 10. The van der Waals surface area contributed by atoms with Crippen LogP contribution in [-0.2, 0) is 48.1 Å². The Kier molecular flexibility index (Phi) is 7.70. The highest BCUT2D eigenvalue weighted by Crippen LogP contribution is 2.43. The second-order valence-electron chi connectivity index (χ2n) is 9.40. The molecule has 2 atom stereocenters. The Labute approximate surface area is 201 Å². The minimum atomic E-state index is -6.06. The molecule has 4 aliphatic rings. The van der Waals surface area contributed by atoms with E-state index in [1.165, 1.54) is 0 Å². The molecule has 14 heteroatoms. The van der Waals surface area contributed by atoms with Crippen LogP contribution in [0.5, 0.6) is 0 Å². The van der Waals surface area contributed by atoms with Crippen molar-refractivity contribution >= 4 is 22.1 Å². The molecule has 0 radical (unpaired) electrons. The van der Waals surface area contributed by atoms with Gasteiger partial charge in [-0.3, -0.25) is 4.55 Å². The molecule has 35 heavy (non-hydrogen) atoms. The lowest BCUT2D eigenvalue weighted by Crippen LogP contribution is -2.47. The topological polar surface area (TPSA) is 144 Å². The van der Waals surface area contributed by atoms with Gasteiger partial charge in [0.25, 0.3) is 0 Å². The van der Waals surface area contributed by atoms with Gasteiger partial charge in [0.15, 0.2) is 24.3 Å². The SMILES string of the molecule is O=C(COC(=O)C(F)(F)S(=O)(=O)O)OC(C1COC2(CCCCC2)O1)C1COC2(CCCCC2)O1. The number of ether oxygens (including phenoxy) is 6. The first-order chi connectivity index (χ1) is 16.5. The van der Waals surface area contributed by atoms with Gasteiger partial charge < -0.3 is 28.4 Å². The van der Waals surface area contributed by atoms with Crippen molar-refractivity contribution < 1.29 is 59.8 Å². The van der Waals surface area contributed by atoms with E-state index in [-0.39, 0.29) is 13.2 Å². The predicted octanol–water partition coefficient (Wildman–Crippen LogP) is 2.07. The normalized spacial score (nSPS) is 29.2. The van der Waals surface area contributed by atoms with E-state index in [0.29, 0.717) is 25.7 Å². The molecule has 0 bridgehead atoms. The van der Waals surface area contributed by atoms with Crippen LogP contribution in [0.2, 0.25) is 0 Å². The van der Waals surface area contributed by atoms with Gasteiger partial charge in [-0.1, -0.05) is 12.8 Å². The molecule has 200 valence electrons. The third-order valence-corrected chi connectivity index (χ3v) is 7.68. The van der Waals surface area contributed by atoms with Crippen LogP contribution in [0.4, 0.5) is 8.78 Å². The number of alkyl halides is 2. The van der Waals surface area contributed by atoms with Gasteiger partial charge in [0.1, 0.15) is 12.2 Å². The van der Waals surface area contributed by atoms with Gasteiger partial charge in [-0.2, -0.15) is 17.2 Å². The molecule has 0 amide bonds. The summed E-state index contributed by atoms with van der Waals surface area (Å²) in [6.07, 6.45) is 5.97. The average molecular weight is 529 g/mol. The first-order valence-corrected chi connectivity index (χ1v) is 13.2. The van der Waals surface area contributed by atoms with Crippen molar-refractivity contribution in [2.24, 2.45) is 0 Å². The summed E-state index contributed by atoms with van der Waals surface area (Å²) in [6, 6.07) is 0. The summed E-state index contributed by atoms with van der Waals surface area (Å²) in [7, 11) is -6.06. The Morgan fingerprint density at radius 3 is 1.80 bits per heavy atom. The third kappa shape index (κ3) is 5.77. The van der Waals surface area contributed by atoms with Crippen molar-refractivity contribution in [1.82, 2.24) is 0 Å². The van der Waals surface area contributed by atoms with Crippen molar-refractivity contribution in [3.63, 3.8) is 0 Å². The van der Waals surface area contributed by atoms with Crippen LogP contribution in [0, 0.1) is 0 Å². The number of esters is 2. The highest BCUT2D eigenvalue weighted by molar-refractivity contribution is 7.87. The molecule has 1 N–H and O–H groups in total. The summed E-state index contributed by atoms with van der Waals surface area (Å²) in [5, 5.41) is -5.22. The van der Waals surface area contributed by atoms with Gasteiger partial charge in [0, 0.05) is 25.7 Å². The highest BCUT2D eigenvalue weighted by atomic mass is 32.2. The zero-order valence-corrected chi connectivity index (χ0v) is 19.9. The fraction of sp³-hybridized carbons (Fsp3) is 0.905. The zero-order chi connectivity index (χ0) is 25.3. The Balaban J connectivity index is 1.43. The average Bonchev–Trinajstić information content (AvgIpc) is 3.40. The smallest absolute Gasteiger partial charge is 0.454 e. The predicted molar refractivity (Wildman–Crippen MR) is 111 cm³/mol. The maximum Gasteiger partial charge on any atom is 0.465 e. The summed E-state index contributed by atoms with van der Waals surface area (Å²) < 4.78 is 90.5.